The highest BCUT2D eigenvalue weighted by molar-refractivity contribution is 7.99. The molecule has 0 amide bonds. The van der Waals surface area contributed by atoms with Gasteiger partial charge >= 0.3 is 0 Å². The van der Waals surface area contributed by atoms with E-state index in [0.29, 0.717) is 27.4 Å². The normalized spacial score (nSPS) is 10.6. The van der Waals surface area contributed by atoms with E-state index in [4.69, 9.17) is 20.8 Å². The molecule has 2 aromatic carbocycles. The van der Waals surface area contributed by atoms with Crippen molar-refractivity contribution >= 4 is 29.1 Å². The Morgan fingerprint density at radius 1 is 1.20 bits per heavy atom. The zero-order valence-corrected chi connectivity index (χ0v) is 15.0. The molecule has 5 nitrogen and oxygen atoms in total. The predicted octanol–water partition coefficient (Wildman–Crippen LogP) is 4.59. The number of hydrogen-bond acceptors (Lipinski definition) is 6. The van der Waals surface area contributed by atoms with E-state index in [0.717, 1.165) is 5.56 Å². The molecule has 3 rings (SSSR count). The van der Waals surface area contributed by atoms with Gasteiger partial charge in [-0.25, -0.2) is 0 Å². The van der Waals surface area contributed by atoms with Crippen LogP contribution in [0.4, 0.5) is 0 Å². The van der Waals surface area contributed by atoms with Crippen LogP contribution in [-0.2, 0) is 6.61 Å². The molecule has 25 heavy (non-hydrogen) atoms. The van der Waals surface area contributed by atoms with Gasteiger partial charge in [0, 0.05) is 10.6 Å². The van der Waals surface area contributed by atoms with E-state index >= 15 is 0 Å². The van der Waals surface area contributed by atoms with Crippen molar-refractivity contribution in [2.75, 3.05) is 5.75 Å². The number of carbonyl (C=O) groups excluding carboxylic acids is 1. The Kier molecular flexibility index (Phi) is 5.73. The number of aryl methyl sites for hydroxylation is 1. The molecule has 0 atom stereocenters. The number of rotatable bonds is 7. The lowest BCUT2D eigenvalue weighted by Gasteiger charge is -2.05. The van der Waals surface area contributed by atoms with Crippen molar-refractivity contribution in [1.82, 2.24) is 10.2 Å². The van der Waals surface area contributed by atoms with Gasteiger partial charge in [0.2, 0.25) is 0 Å². The van der Waals surface area contributed by atoms with Gasteiger partial charge in [-0.05, 0) is 30.7 Å². The topological polar surface area (TPSA) is 65.2 Å². The molecule has 0 radical (unpaired) electrons. The minimum atomic E-state index is 0.0123. The lowest BCUT2D eigenvalue weighted by molar-refractivity contribution is 0.102. The van der Waals surface area contributed by atoms with Gasteiger partial charge in [-0.2, -0.15) is 0 Å². The molecule has 0 aliphatic carbocycles. The summed E-state index contributed by atoms with van der Waals surface area (Å²) in [5.74, 6) is 1.28. The molecule has 0 bridgehead atoms. The van der Waals surface area contributed by atoms with Crippen LogP contribution in [0.1, 0.15) is 21.8 Å². The van der Waals surface area contributed by atoms with E-state index in [1.54, 1.807) is 24.3 Å². The highest BCUT2D eigenvalue weighted by Gasteiger charge is 2.11. The van der Waals surface area contributed by atoms with Crippen LogP contribution in [0.25, 0.3) is 0 Å². The molecule has 0 fully saturated rings. The second-order valence-electron chi connectivity index (χ2n) is 5.24. The first-order valence-electron chi connectivity index (χ1n) is 7.54. The van der Waals surface area contributed by atoms with Gasteiger partial charge in [0.25, 0.3) is 11.1 Å². The van der Waals surface area contributed by atoms with Crippen LogP contribution < -0.4 is 4.74 Å². The number of halogens is 1. The number of ketones is 1. The zero-order valence-electron chi connectivity index (χ0n) is 13.4. The largest absolute Gasteiger partial charge is 0.484 e. The maximum absolute atomic E-state index is 12.0. The van der Waals surface area contributed by atoms with Gasteiger partial charge in [-0.15, -0.1) is 10.2 Å². The SMILES string of the molecule is Cc1cc(OCc2nnc(SCC(=O)c3ccccc3)o2)ccc1Cl. The molecule has 3 aromatic rings. The van der Waals surface area contributed by atoms with Crippen molar-refractivity contribution in [2.24, 2.45) is 0 Å². The number of ether oxygens (including phenoxy) is 1. The lowest BCUT2D eigenvalue weighted by atomic mass is 10.2. The Labute approximate surface area is 154 Å². The van der Waals surface area contributed by atoms with Crippen LogP contribution in [-0.4, -0.2) is 21.7 Å². The number of hydrogen-bond donors (Lipinski definition) is 0. The van der Waals surface area contributed by atoms with Gasteiger partial charge in [0.15, 0.2) is 12.4 Å². The van der Waals surface area contributed by atoms with Gasteiger partial charge in [-0.1, -0.05) is 53.7 Å². The van der Waals surface area contributed by atoms with Crippen LogP contribution in [0, 0.1) is 6.92 Å². The van der Waals surface area contributed by atoms with Crippen LogP contribution in [0.15, 0.2) is 58.2 Å². The van der Waals surface area contributed by atoms with E-state index < -0.39 is 0 Å². The van der Waals surface area contributed by atoms with Crippen molar-refractivity contribution in [3.63, 3.8) is 0 Å². The Bertz CT molecular complexity index is 868. The number of carbonyl (C=O) groups is 1. The third-order valence-corrected chi connectivity index (χ3v) is 4.61. The molecule has 128 valence electrons. The van der Waals surface area contributed by atoms with Gasteiger partial charge in [-0.3, -0.25) is 4.79 Å². The lowest BCUT2D eigenvalue weighted by Crippen LogP contribution is -2.01. The van der Waals surface area contributed by atoms with Crippen LogP contribution in [0.2, 0.25) is 5.02 Å². The minimum absolute atomic E-state index is 0.0123. The Hall–Kier alpha value is -2.31. The number of aromatic nitrogens is 2. The average Bonchev–Trinajstić information content (AvgIpc) is 3.09. The molecule has 0 N–H and O–H groups in total. The molecule has 0 aliphatic heterocycles. The van der Waals surface area contributed by atoms with Crippen molar-refractivity contribution in [3.05, 3.63) is 70.6 Å². The zero-order chi connectivity index (χ0) is 17.6. The molecule has 0 unspecified atom stereocenters. The Morgan fingerprint density at radius 3 is 2.76 bits per heavy atom. The summed E-state index contributed by atoms with van der Waals surface area (Å²) in [6, 6.07) is 14.5. The molecule has 0 spiro atoms. The average molecular weight is 375 g/mol. The van der Waals surface area contributed by atoms with Gasteiger partial charge < -0.3 is 9.15 Å². The molecule has 0 aliphatic rings. The van der Waals surface area contributed by atoms with E-state index in [1.165, 1.54) is 11.8 Å². The predicted molar refractivity (Wildman–Crippen MR) is 96.3 cm³/mol. The fourth-order valence-electron chi connectivity index (χ4n) is 2.04. The fraction of sp³-hybridized carbons (Fsp3) is 0.167. The van der Waals surface area contributed by atoms with Crippen molar-refractivity contribution in [1.29, 1.82) is 0 Å². The molecule has 1 aromatic heterocycles. The number of nitrogens with zero attached hydrogens (tertiary/aromatic N) is 2. The summed E-state index contributed by atoms with van der Waals surface area (Å²) in [5, 5.41) is 8.87. The highest BCUT2D eigenvalue weighted by Crippen LogP contribution is 2.22. The molecule has 7 heteroatoms. The monoisotopic (exact) mass is 374 g/mol. The first-order valence-corrected chi connectivity index (χ1v) is 8.90. The summed E-state index contributed by atoms with van der Waals surface area (Å²) < 4.78 is 11.1. The Morgan fingerprint density at radius 2 is 2.00 bits per heavy atom. The summed E-state index contributed by atoms with van der Waals surface area (Å²) in [6.45, 7) is 2.06. The molecule has 0 saturated carbocycles. The second-order valence-corrected chi connectivity index (χ2v) is 6.57. The summed E-state index contributed by atoms with van der Waals surface area (Å²) in [4.78, 5) is 12.0. The number of thioether (sulfide) groups is 1. The van der Waals surface area contributed by atoms with E-state index in [1.807, 2.05) is 31.2 Å². The smallest absolute Gasteiger partial charge is 0.277 e. The number of benzene rings is 2. The maximum atomic E-state index is 12.0. The second kappa shape index (κ2) is 8.18. The van der Waals surface area contributed by atoms with Gasteiger partial charge in [0.1, 0.15) is 5.75 Å². The summed E-state index contributed by atoms with van der Waals surface area (Å²) in [6.07, 6.45) is 0. The Balaban J connectivity index is 1.52. The van der Waals surface area contributed by atoms with E-state index in [-0.39, 0.29) is 18.1 Å². The van der Waals surface area contributed by atoms with Crippen LogP contribution >= 0.6 is 23.4 Å². The molecule has 1 heterocycles. The quantitative estimate of drug-likeness (QED) is 0.445. The number of Topliss-reactive ketones (excluding diaryl/α,β-unsaturated/α-hetero) is 1. The maximum Gasteiger partial charge on any atom is 0.277 e. The third-order valence-electron chi connectivity index (χ3n) is 3.36. The van der Waals surface area contributed by atoms with Crippen molar-refractivity contribution in [2.45, 2.75) is 18.8 Å². The van der Waals surface area contributed by atoms with Crippen molar-refractivity contribution in [3.8, 4) is 5.75 Å². The highest BCUT2D eigenvalue weighted by atomic mass is 35.5. The molecular formula is C18H15ClN2O3S. The standard InChI is InChI=1S/C18H15ClN2O3S/c1-12-9-14(7-8-15(12)19)23-10-17-20-21-18(24-17)25-11-16(22)13-5-3-2-4-6-13/h2-9H,10-11H2,1H3. The minimum Gasteiger partial charge on any atom is -0.484 e. The first kappa shape index (κ1) is 17.5. The van der Waals surface area contributed by atoms with Crippen molar-refractivity contribution < 1.29 is 13.9 Å². The third kappa shape index (κ3) is 4.84. The summed E-state index contributed by atoms with van der Waals surface area (Å²) in [7, 11) is 0. The van der Waals surface area contributed by atoms with Gasteiger partial charge in [0.05, 0.1) is 5.75 Å². The van der Waals surface area contributed by atoms with Crippen LogP contribution in [0.3, 0.4) is 0 Å². The molecular weight excluding hydrogens is 360 g/mol. The summed E-state index contributed by atoms with van der Waals surface area (Å²) >= 11 is 7.19. The van der Waals surface area contributed by atoms with E-state index in [2.05, 4.69) is 10.2 Å². The summed E-state index contributed by atoms with van der Waals surface area (Å²) in [5.41, 5.74) is 1.59. The first-order chi connectivity index (χ1) is 12.1. The molecule has 0 saturated heterocycles. The fourth-order valence-corrected chi connectivity index (χ4v) is 2.83. The van der Waals surface area contributed by atoms with E-state index in [9.17, 15) is 4.79 Å². The van der Waals surface area contributed by atoms with Crippen LogP contribution in [0.5, 0.6) is 5.75 Å².